The number of rotatable bonds is 6. The Labute approximate surface area is 112 Å². The van der Waals surface area contributed by atoms with E-state index in [0.717, 1.165) is 29.4 Å². The lowest BCUT2D eigenvalue weighted by molar-refractivity contribution is 0.453. The smallest absolute Gasteiger partial charge is 0.124 e. The Kier molecular flexibility index (Phi) is 6.14. The predicted molar refractivity (Wildman–Crippen MR) is 74.7 cm³/mol. The summed E-state index contributed by atoms with van der Waals surface area (Å²) in [4.78, 5) is 0. The fourth-order valence-corrected chi connectivity index (χ4v) is 2.22. The van der Waals surface area contributed by atoms with Gasteiger partial charge in [0, 0.05) is 10.5 Å². The van der Waals surface area contributed by atoms with Crippen molar-refractivity contribution in [3.63, 3.8) is 0 Å². The second-order valence-electron chi connectivity index (χ2n) is 4.98. The summed E-state index contributed by atoms with van der Waals surface area (Å²) in [5, 5.41) is 3.42. The van der Waals surface area contributed by atoms with Crippen LogP contribution in [0.4, 0.5) is 4.39 Å². The third-order valence-corrected chi connectivity index (χ3v) is 3.18. The van der Waals surface area contributed by atoms with Crippen LogP contribution in [0.15, 0.2) is 22.7 Å². The highest BCUT2D eigenvalue weighted by atomic mass is 79.9. The van der Waals surface area contributed by atoms with Crippen LogP contribution in [0.2, 0.25) is 0 Å². The van der Waals surface area contributed by atoms with E-state index in [1.165, 1.54) is 6.07 Å². The summed E-state index contributed by atoms with van der Waals surface area (Å²) in [7, 11) is 0. The molecule has 1 unspecified atom stereocenters. The molecule has 0 aliphatic rings. The first-order valence-electron chi connectivity index (χ1n) is 6.15. The molecule has 1 aromatic carbocycles. The number of hydrogen-bond donors (Lipinski definition) is 1. The second-order valence-corrected chi connectivity index (χ2v) is 5.90. The van der Waals surface area contributed by atoms with Crippen molar-refractivity contribution in [2.24, 2.45) is 5.92 Å². The molecule has 0 heterocycles. The van der Waals surface area contributed by atoms with Gasteiger partial charge >= 0.3 is 0 Å². The highest BCUT2D eigenvalue weighted by Gasteiger charge is 2.05. The Hall–Kier alpha value is -0.410. The molecule has 0 aliphatic carbocycles. The largest absolute Gasteiger partial charge is 0.314 e. The maximum atomic E-state index is 13.2. The molecule has 1 atom stereocenters. The molecule has 0 saturated carbocycles. The van der Waals surface area contributed by atoms with Crippen molar-refractivity contribution in [3.05, 3.63) is 34.1 Å². The molecule has 1 N–H and O–H groups in total. The minimum absolute atomic E-state index is 0.165. The van der Waals surface area contributed by atoms with Crippen LogP contribution in [0.5, 0.6) is 0 Å². The van der Waals surface area contributed by atoms with Gasteiger partial charge in [0.2, 0.25) is 0 Å². The number of benzene rings is 1. The van der Waals surface area contributed by atoms with Gasteiger partial charge in [-0.25, -0.2) is 4.39 Å². The third-order valence-electron chi connectivity index (χ3n) is 2.72. The van der Waals surface area contributed by atoms with Crippen molar-refractivity contribution in [3.8, 4) is 0 Å². The molecule has 0 radical (unpaired) electrons. The van der Waals surface area contributed by atoms with E-state index in [4.69, 9.17) is 0 Å². The van der Waals surface area contributed by atoms with Crippen LogP contribution in [0.1, 0.15) is 32.8 Å². The first kappa shape index (κ1) is 14.7. The van der Waals surface area contributed by atoms with Crippen molar-refractivity contribution < 1.29 is 4.39 Å². The van der Waals surface area contributed by atoms with E-state index in [-0.39, 0.29) is 5.82 Å². The van der Waals surface area contributed by atoms with E-state index in [2.05, 4.69) is 42.0 Å². The Morgan fingerprint density at radius 3 is 2.53 bits per heavy atom. The Morgan fingerprint density at radius 2 is 1.94 bits per heavy atom. The zero-order valence-electron chi connectivity index (χ0n) is 10.8. The zero-order chi connectivity index (χ0) is 12.8. The summed E-state index contributed by atoms with van der Waals surface area (Å²) in [6, 6.07) is 5.63. The summed E-state index contributed by atoms with van der Waals surface area (Å²) in [5.74, 6) is 0.446. The van der Waals surface area contributed by atoms with Crippen LogP contribution < -0.4 is 5.32 Å². The quantitative estimate of drug-likeness (QED) is 0.832. The molecule has 0 saturated heterocycles. The molecule has 1 aromatic rings. The molecule has 1 nitrogen and oxygen atoms in total. The average molecular weight is 302 g/mol. The van der Waals surface area contributed by atoms with Gasteiger partial charge in [0.15, 0.2) is 0 Å². The van der Waals surface area contributed by atoms with Gasteiger partial charge in [-0.2, -0.15) is 0 Å². The summed E-state index contributed by atoms with van der Waals surface area (Å²) < 4.78 is 14.0. The van der Waals surface area contributed by atoms with Crippen molar-refractivity contribution in [1.82, 2.24) is 5.32 Å². The Morgan fingerprint density at radius 1 is 1.24 bits per heavy atom. The molecule has 17 heavy (non-hydrogen) atoms. The molecule has 0 bridgehead atoms. The Balaban J connectivity index is 2.39. The normalized spacial score (nSPS) is 13.1. The molecule has 0 spiro atoms. The van der Waals surface area contributed by atoms with E-state index < -0.39 is 0 Å². The highest BCUT2D eigenvalue weighted by Crippen LogP contribution is 2.17. The van der Waals surface area contributed by atoms with Crippen LogP contribution in [-0.4, -0.2) is 12.6 Å². The summed E-state index contributed by atoms with van der Waals surface area (Å²) in [5.41, 5.74) is 1.06. The van der Waals surface area contributed by atoms with Gasteiger partial charge in [0.1, 0.15) is 5.82 Å². The molecule has 0 aliphatic heterocycles. The lowest BCUT2D eigenvalue weighted by Crippen LogP contribution is -2.28. The van der Waals surface area contributed by atoms with Crippen molar-refractivity contribution in [2.45, 2.75) is 39.7 Å². The molecule has 0 fully saturated rings. The van der Waals surface area contributed by atoms with Crippen LogP contribution in [0.25, 0.3) is 0 Å². The van der Waals surface area contributed by atoms with Crippen LogP contribution in [0, 0.1) is 11.7 Å². The summed E-state index contributed by atoms with van der Waals surface area (Å²) >= 11 is 3.32. The molecule has 3 heteroatoms. The lowest BCUT2D eigenvalue weighted by Gasteiger charge is -2.14. The van der Waals surface area contributed by atoms with Gasteiger partial charge in [0.05, 0.1) is 0 Å². The Bertz CT molecular complexity index is 332. The van der Waals surface area contributed by atoms with E-state index in [1.807, 2.05) is 6.07 Å². The van der Waals surface area contributed by atoms with Crippen molar-refractivity contribution >= 4 is 15.9 Å². The predicted octanol–water partition coefficient (Wildman–Crippen LogP) is 4.15. The van der Waals surface area contributed by atoms with Gasteiger partial charge in [-0.15, -0.1) is 0 Å². The molecule has 0 amide bonds. The standard InChI is InChI=1S/C14H21BrFN/c1-10(2)17-9-11(3)4-5-12-6-13(15)8-14(16)7-12/h6-8,10-11,17H,4-5,9H2,1-3H3. The third kappa shape index (κ3) is 6.18. The fourth-order valence-electron chi connectivity index (χ4n) is 1.71. The summed E-state index contributed by atoms with van der Waals surface area (Å²) in [6.07, 6.45) is 2.01. The molecular weight excluding hydrogens is 281 g/mol. The van der Waals surface area contributed by atoms with Gasteiger partial charge < -0.3 is 5.32 Å². The van der Waals surface area contributed by atoms with Gasteiger partial charge in [0.25, 0.3) is 0 Å². The fraction of sp³-hybridized carbons (Fsp3) is 0.571. The van der Waals surface area contributed by atoms with Crippen LogP contribution >= 0.6 is 15.9 Å². The topological polar surface area (TPSA) is 12.0 Å². The maximum Gasteiger partial charge on any atom is 0.124 e. The first-order chi connectivity index (χ1) is 7.97. The van der Waals surface area contributed by atoms with Crippen molar-refractivity contribution in [1.29, 1.82) is 0 Å². The van der Waals surface area contributed by atoms with Gasteiger partial charge in [-0.3, -0.25) is 0 Å². The maximum absolute atomic E-state index is 13.2. The molecule has 96 valence electrons. The SMILES string of the molecule is CC(CCc1cc(F)cc(Br)c1)CNC(C)C. The van der Waals surface area contributed by atoms with E-state index in [0.29, 0.717) is 12.0 Å². The minimum atomic E-state index is -0.165. The van der Waals surface area contributed by atoms with E-state index in [1.54, 1.807) is 6.07 Å². The van der Waals surface area contributed by atoms with Crippen molar-refractivity contribution in [2.75, 3.05) is 6.54 Å². The van der Waals surface area contributed by atoms with E-state index >= 15 is 0 Å². The number of nitrogens with one attached hydrogen (secondary N) is 1. The monoisotopic (exact) mass is 301 g/mol. The second kappa shape index (κ2) is 7.12. The molecular formula is C14H21BrFN. The van der Waals surface area contributed by atoms with E-state index in [9.17, 15) is 4.39 Å². The van der Waals surface area contributed by atoms with Crippen LogP contribution in [0.3, 0.4) is 0 Å². The first-order valence-corrected chi connectivity index (χ1v) is 6.95. The highest BCUT2D eigenvalue weighted by molar-refractivity contribution is 9.10. The zero-order valence-corrected chi connectivity index (χ0v) is 12.3. The van der Waals surface area contributed by atoms with Crippen LogP contribution in [-0.2, 0) is 6.42 Å². The molecule has 0 aromatic heterocycles. The number of aryl methyl sites for hydroxylation is 1. The number of hydrogen-bond acceptors (Lipinski definition) is 1. The minimum Gasteiger partial charge on any atom is -0.314 e. The lowest BCUT2D eigenvalue weighted by atomic mass is 10.0. The van der Waals surface area contributed by atoms with Gasteiger partial charge in [-0.1, -0.05) is 36.7 Å². The average Bonchev–Trinajstić information content (AvgIpc) is 2.22. The molecule has 1 rings (SSSR count). The number of halogens is 2. The van der Waals surface area contributed by atoms with Gasteiger partial charge in [-0.05, 0) is 49.1 Å². The summed E-state index contributed by atoms with van der Waals surface area (Å²) in [6.45, 7) is 7.55.